The molecule has 1 amide bonds. The molecule has 1 N–H and O–H groups in total. The summed E-state index contributed by atoms with van der Waals surface area (Å²) >= 11 is 3.48. The van der Waals surface area contributed by atoms with E-state index in [0.717, 1.165) is 15.8 Å². The Balaban J connectivity index is 1.78. The van der Waals surface area contributed by atoms with Crippen molar-refractivity contribution in [3.8, 4) is 16.8 Å². The normalized spacial score (nSPS) is 12.0. The first kappa shape index (κ1) is 23.5. The van der Waals surface area contributed by atoms with Gasteiger partial charge in [-0.3, -0.25) is 0 Å². The molecule has 0 fully saturated rings. The van der Waals surface area contributed by atoms with Crippen LogP contribution in [-0.2, 0) is 11.3 Å². The van der Waals surface area contributed by atoms with Gasteiger partial charge in [-0.25, -0.2) is 23.2 Å². The number of carbonyl (C=O) groups excluding carboxylic acids is 1. The quantitative estimate of drug-likeness (QED) is 0.522. The van der Waals surface area contributed by atoms with Gasteiger partial charge < -0.3 is 10.1 Å². The van der Waals surface area contributed by atoms with Crippen LogP contribution in [0.4, 0.5) is 9.18 Å². The number of carbonyl (C=O) groups is 1. The van der Waals surface area contributed by atoms with Crippen molar-refractivity contribution in [2.24, 2.45) is 0 Å². The highest BCUT2D eigenvalue weighted by atomic mass is 79.9. The molecule has 0 unspecified atom stereocenters. The third-order valence-electron chi connectivity index (χ3n) is 4.41. The van der Waals surface area contributed by atoms with E-state index in [-0.39, 0.29) is 18.7 Å². The van der Waals surface area contributed by atoms with Crippen LogP contribution in [0.15, 0.2) is 76.0 Å². The minimum absolute atomic E-state index is 0.113. The number of benzene rings is 2. The molecule has 0 atom stereocenters. The maximum Gasteiger partial charge on any atom is 0.407 e. The summed E-state index contributed by atoms with van der Waals surface area (Å²) in [6.45, 7) is 4.97. The zero-order valence-electron chi connectivity index (χ0n) is 18.0. The van der Waals surface area contributed by atoms with Gasteiger partial charge in [0, 0.05) is 11.0 Å². The van der Waals surface area contributed by atoms with Crippen LogP contribution in [0, 0.1) is 0 Å². The van der Waals surface area contributed by atoms with Crippen LogP contribution in [0.5, 0.6) is 0 Å². The molecular formula is C23H24BrFN4O3. The average Bonchev–Trinajstić information content (AvgIpc) is 3.10. The van der Waals surface area contributed by atoms with Crippen molar-refractivity contribution in [3.63, 3.8) is 0 Å². The van der Waals surface area contributed by atoms with Crippen LogP contribution in [0.1, 0.15) is 20.8 Å². The lowest BCUT2D eigenvalue weighted by molar-refractivity contribution is 0.0532. The fraction of sp³-hybridized carbons (Fsp3) is 0.261. The molecule has 1 heterocycles. The average molecular weight is 503 g/mol. The van der Waals surface area contributed by atoms with Gasteiger partial charge in [-0.1, -0.05) is 36.4 Å². The number of alkyl carbamates (subject to hydrolysis) is 1. The van der Waals surface area contributed by atoms with Gasteiger partial charge in [0.25, 0.3) is 0 Å². The Bertz CT molecular complexity index is 1180. The summed E-state index contributed by atoms with van der Waals surface area (Å²) in [7, 11) is 0. The van der Waals surface area contributed by atoms with E-state index < -0.39 is 17.4 Å². The number of hydrogen-bond donors (Lipinski definition) is 1. The van der Waals surface area contributed by atoms with E-state index in [4.69, 9.17) is 4.74 Å². The highest BCUT2D eigenvalue weighted by molar-refractivity contribution is 9.10. The molecule has 0 radical (unpaired) electrons. The molecule has 0 aliphatic heterocycles. The summed E-state index contributed by atoms with van der Waals surface area (Å²) < 4.78 is 21.7. The molecular weight excluding hydrogens is 479 g/mol. The van der Waals surface area contributed by atoms with Gasteiger partial charge in [-0.2, -0.15) is 5.10 Å². The highest BCUT2D eigenvalue weighted by Gasteiger charge is 2.17. The molecule has 0 bridgehead atoms. The fourth-order valence-corrected chi connectivity index (χ4v) is 3.38. The largest absolute Gasteiger partial charge is 0.444 e. The number of halogens is 2. The SMILES string of the molecule is CC(C)(C)OC(=O)NCC(=CF)Cn1ncn(-c2cc(-c3ccccc3)ccc2Br)c1=O. The first-order valence-corrected chi connectivity index (χ1v) is 10.7. The first-order valence-electron chi connectivity index (χ1n) is 9.93. The van der Waals surface area contributed by atoms with E-state index in [1.54, 1.807) is 20.8 Å². The van der Waals surface area contributed by atoms with Crippen LogP contribution in [-0.4, -0.2) is 32.6 Å². The van der Waals surface area contributed by atoms with Gasteiger partial charge in [0.1, 0.15) is 11.9 Å². The smallest absolute Gasteiger partial charge is 0.407 e. The van der Waals surface area contributed by atoms with E-state index in [9.17, 15) is 14.0 Å². The maximum atomic E-state index is 13.4. The Kier molecular flexibility index (Phi) is 7.29. The van der Waals surface area contributed by atoms with E-state index in [1.807, 2.05) is 48.5 Å². The molecule has 0 spiro atoms. The molecule has 9 heteroatoms. The Hall–Kier alpha value is -3.20. The van der Waals surface area contributed by atoms with Gasteiger partial charge in [0.15, 0.2) is 0 Å². The minimum atomic E-state index is -0.670. The molecule has 0 saturated heterocycles. The van der Waals surface area contributed by atoms with E-state index in [0.29, 0.717) is 16.5 Å². The zero-order valence-corrected chi connectivity index (χ0v) is 19.6. The number of rotatable bonds is 6. The second-order valence-electron chi connectivity index (χ2n) is 8.10. The number of hydrogen-bond acceptors (Lipinski definition) is 4. The molecule has 2 aromatic carbocycles. The van der Waals surface area contributed by atoms with Crippen LogP contribution in [0.25, 0.3) is 16.8 Å². The molecule has 0 aliphatic rings. The van der Waals surface area contributed by atoms with Crippen LogP contribution in [0.2, 0.25) is 0 Å². The Morgan fingerprint density at radius 2 is 1.91 bits per heavy atom. The molecule has 3 aromatic rings. The van der Waals surface area contributed by atoms with Gasteiger partial charge in [0.2, 0.25) is 0 Å². The third-order valence-corrected chi connectivity index (χ3v) is 5.08. The standard InChI is InChI=1S/C23H24BrFN4O3/c1-23(2,3)32-21(30)26-13-16(12-25)14-29-22(31)28(15-27-29)20-11-18(9-10-19(20)24)17-7-5-4-6-8-17/h4-12,15H,13-14H2,1-3H3,(H,26,30). The van der Waals surface area contributed by atoms with Gasteiger partial charge >= 0.3 is 11.8 Å². The monoisotopic (exact) mass is 502 g/mol. The zero-order chi connectivity index (χ0) is 23.3. The van der Waals surface area contributed by atoms with Gasteiger partial charge in [-0.05, 0) is 65.5 Å². The third kappa shape index (κ3) is 5.94. The van der Waals surface area contributed by atoms with Crippen molar-refractivity contribution in [2.45, 2.75) is 32.9 Å². The summed E-state index contributed by atoms with van der Waals surface area (Å²) in [6, 6.07) is 15.5. The molecule has 0 aliphatic carbocycles. The lowest BCUT2D eigenvalue weighted by atomic mass is 10.1. The van der Waals surface area contributed by atoms with Crippen LogP contribution < -0.4 is 11.0 Å². The Labute approximate surface area is 193 Å². The van der Waals surface area contributed by atoms with E-state index in [1.165, 1.54) is 10.9 Å². The molecule has 1 aromatic heterocycles. The molecule has 3 rings (SSSR count). The number of aromatic nitrogens is 3. The second-order valence-corrected chi connectivity index (χ2v) is 8.95. The van der Waals surface area contributed by atoms with E-state index >= 15 is 0 Å². The molecule has 7 nitrogen and oxygen atoms in total. The Morgan fingerprint density at radius 3 is 2.56 bits per heavy atom. The number of nitrogens with zero attached hydrogens (tertiary/aromatic N) is 3. The number of amides is 1. The maximum absolute atomic E-state index is 13.4. The van der Waals surface area contributed by atoms with Crippen molar-refractivity contribution in [2.75, 3.05) is 6.54 Å². The summed E-state index contributed by atoms with van der Waals surface area (Å²) in [4.78, 5) is 24.7. The Morgan fingerprint density at radius 1 is 1.19 bits per heavy atom. The van der Waals surface area contributed by atoms with Crippen LogP contribution in [0.3, 0.4) is 0 Å². The van der Waals surface area contributed by atoms with Crippen molar-refractivity contribution >= 4 is 22.0 Å². The molecule has 168 valence electrons. The van der Waals surface area contributed by atoms with E-state index in [2.05, 4.69) is 26.3 Å². The summed E-state index contributed by atoms with van der Waals surface area (Å²) in [6.07, 6.45) is 1.07. The fourth-order valence-electron chi connectivity index (χ4n) is 2.94. The van der Waals surface area contributed by atoms with Crippen molar-refractivity contribution < 1.29 is 13.9 Å². The highest BCUT2D eigenvalue weighted by Crippen LogP contribution is 2.27. The van der Waals surface area contributed by atoms with Gasteiger partial charge in [0.05, 0.1) is 18.6 Å². The first-order chi connectivity index (χ1) is 15.2. The number of ether oxygens (including phenoxy) is 1. The summed E-state index contributed by atoms with van der Waals surface area (Å²) in [5.41, 5.74) is 1.63. The molecule has 32 heavy (non-hydrogen) atoms. The predicted octanol–water partition coefficient (Wildman–Crippen LogP) is 4.84. The summed E-state index contributed by atoms with van der Waals surface area (Å²) in [5.74, 6) is 0. The second kappa shape index (κ2) is 9.95. The van der Waals surface area contributed by atoms with Gasteiger partial charge in [-0.15, -0.1) is 0 Å². The van der Waals surface area contributed by atoms with Crippen molar-refractivity contribution in [1.82, 2.24) is 19.7 Å². The lowest BCUT2D eigenvalue weighted by Gasteiger charge is -2.19. The number of nitrogens with one attached hydrogen (secondary N) is 1. The molecule has 0 saturated carbocycles. The topological polar surface area (TPSA) is 78.2 Å². The lowest BCUT2D eigenvalue weighted by Crippen LogP contribution is -2.34. The van der Waals surface area contributed by atoms with Crippen molar-refractivity contribution in [3.05, 3.63) is 81.7 Å². The van der Waals surface area contributed by atoms with Crippen molar-refractivity contribution in [1.29, 1.82) is 0 Å². The predicted molar refractivity (Wildman–Crippen MR) is 124 cm³/mol. The van der Waals surface area contributed by atoms with Crippen LogP contribution >= 0.6 is 15.9 Å². The minimum Gasteiger partial charge on any atom is -0.444 e. The summed E-state index contributed by atoms with van der Waals surface area (Å²) in [5, 5.41) is 6.58.